The van der Waals surface area contributed by atoms with Crippen LogP contribution in [0.5, 0.6) is 0 Å². The molecule has 1 amide bonds. The summed E-state index contributed by atoms with van der Waals surface area (Å²) in [6.07, 6.45) is 2.19. The van der Waals surface area contributed by atoms with Gasteiger partial charge in [0.15, 0.2) is 5.72 Å². The third-order valence-corrected chi connectivity index (χ3v) is 7.51. The number of benzene rings is 2. The highest BCUT2D eigenvalue weighted by atomic mass is 16.6. The lowest BCUT2D eigenvalue weighted by atomic mass is 9.93. The van der Waals surface area contributed by atoms with Crippen LogP contribution in [0.3, 0.4) is 0 Å². The SMILES string of the molecule is CNC1CC2OC(C)(C1OC)n1cnc3c4c(c5c6ccccc6n2c5c31)C(=O)NC4. The summed E-state index contributed by atoms with van der Waals surface area (Å²) < 4.78 is 17.2. The van der Waals surface area contributed by atoms with Gasteiger partial charge in [-0.05, 0) is 20.0 Å². The second-order valence-electron chi connectivity index (χ2n) is 8.87. The van der Waals surface area contributed by atoms with Crippen molar-refractivity contribution in [1.29, 1.82) is 0 Å². The summed E-state index contributed by atoms with van der Waals surface area (Å²) in [6, 6.07) is 8.38. The van der Waals surface area contributed by atoms with E-state index in [2.05, 4.69) is 38.8 Å². The molecule has 8 nitrogen and oxygen atoms in total. The number of ether oxygens (including phenoxy) is 2. The Kier molecular flexibility index (Phi) is 3.22. The van der Waals surface area contributed by atoms with Crippen molar-refractivity contribution in [1.82, 2.24) is 24.8 Å². The molecule has 2 N–H and O–H groups in total. The van der Waals surface area contributed by atoms with Gasteiger partial charge in [0.2, 0.25) is 0 Å². The van der Waals surface area contributed by atoms with Crippen LogP contribution in [-0.4, -0.2) is 46.3 Å². The van der Waals surface area contributed by atoms with E-state index in [0.29, 0.717) is 6.54 Å². The molecule has 2 aromatic heterocycles. The monoisotopic (exact) mass is 417 g/mol. The van der Waals surface area contributed by atoms with E-state index in [1.807, 2.05) is 25.5 Å². The molecule has 0 saturated carbocycles. The van der Waals surface area contributed by atoms with E-state index in [1.54, 1.807) is 7.11 Å². The molecule has 1 fully saturated rings. The molecule has 2 aromatic carbocycles. The van der Waals surface area contributed by atoms with Crippen molar-refractivity contribution in [2.75, 3.05) is 14.2 Å². The van der Waals surface area contributed by atoms with Gasteiger partial charge >= 0.3 is 0 Å². The van der Waals surface area contributed by atoms with Crippen LogP contribution in [-0.2, 0) is 21.7 Å². The Morgan fingerprint density at radius 1 is 1.32 bits per heavy atom. The number of hydrogen-bond donors (Lipinski definition) is 2. The molecule has 3 aliphatic heterocycles. The molecule has 0 radical (unpaired) electrons. The van der Waals surface area contributed by atoms with Gasteiger partial charge in [-0.25, -0.2) is 4.98 Å². The fourth-order valence-corrected chi connectivity index (χ4v) is 6.24. The molecule has 2 bridgehead atoms. The van der Waals surface area contributed by atoms with E-state index in [4.69, 9.17) is 14.5 Å². The van der Waals surface area contributed by atoms with Crippen molar-refractivity contribution in [3.05, 3.63) is 41.7 Å². The number of rotatable bonds is 2. The molecule has 4 unspecified atom stereocenters. The largest absolute Gasteiger partial charge is 0.375 e. The minimum Gasteiger partial charge on any atom is -0.375 e. The number of fused-ring (bicyclic) bond motifs is 10. The van der Waals surface area contributed by atoms with E-state index in [1.165, 1.54) is 0 Å². The Morgan fingerprint density at radius 2 is 2.16 bits per heavy atom. The summed E-state index contributed by atoms with van der Waals surface area (Å²) in [5.41, 5.74) is 4.91. The van der Waals surface area contributed by atoms with Gasteiger partial charge in [0.25, 0.3) is 5.91 Å². The van der Waals surface area contributed by atoms with Crippen LogP contribution in [0, 0.1) is 0 Å². The van der Waals surface area contributed by atoms with Gasteiger partial charge in [0.1, 0.15) is 12.3 Å². The maximum atomic E-state index is 13.0. The summed E-state index contributed by atoms with van der Waals surface area (Å²) in [5, 5.41) is 8.53. The van der Waals surface area contributed by atoms with Crippen LogP contribution in [0.25, 0.3) is 32.8 Å². The number of para-hydroxylation sites is 1. The minimum absolute atomic E-state index is 0.0310. The number of carbonyl (C=O) groups excluding carboxylic acids is 1. The molecule has 7 rings (SSSR count). The maximum Gasteiger partial charge on any atom is 0.252 e. The lowest BCUT2D eigenvalue weighted by molar-refractivity contribution is -0.257. The number of likely N-dealkylation sites (N-methyl/N-ethyl adjacent to an activating group) is 1. The van der Waals surface area contributed by atoms with Gasteiger partial charge in [-0.3, -0.25) is 9.36 Å². The fourth-order valence-electron chi connectivity index (χ4n) is 6.24. The minimum atomic E-state index is -0.753. The predicted molar refractivity (Wildman–Crippen MR) is 116 cm³/mol. The van der Waals surface area contributed by atoms with Crippen LogP contribution in [0.1, 0.15) is 35.5 Å². The number of carbonyl (C=O) groups is 1. The van der Waals surface area contributed by atoms with Gasteiger partial charge in [0, 0.05) is 42.5 Å². The number of nitrogens with zero attached hydrogens (tertiary/aromatic N) is 3. The van der Waals surface area contributed by atoms with Gasteiger partial charge in [-0.15, -0.1) is 0 Å². The van der Waals surface area contributed by atoms with Crippen molar-refractivity contribution in [3.8, 4) is 0 Å². The average Bonchev–Trinajstić information content (AvgIpc) is 3.45. The van der Waals surface area contributed by atoms with E-state index < -0.39 is 5.72 Å². The second-order valence-corrected chi connectivity index (χ2v) is 8.87. The zero-order valence-electron chi connectivity index (χ0n) is 17.6. The molecular formula is C23H23N5O3. The number of nitrogens with one attached hydrogen (secondary N) is 2. The van der Waals surface area contributed by atoms with Crippen molar-refractivity contribution in [3.63, 3.8) is 0 Å². The molecule has 0 aliphatic carbocycles. The first-order valence-electron chi connectivity index (χ1n) is 10.7. The molecule has 31 heavy (non-hydrogen) atoms. The number of aromatic nitrogens is 3. The lowest BCUT2D eigenvalue weighted by Gasteiger charge is -2.47. The van der Waals surface area contributed by atoms with Crippen LogP contribution in [0.2, 0.25) is 0 Å². The first kappa shape index (κ1) is 17.7. The molecule has 8 heteroatoms. The number of amides is 1. The fraction of sp³-hybridized carbons (Fsp3) is 0.391. The summed E-state index contributed by atoms with van der Waals surface area (Å²) in [7, 11) is 3.70. The normalized spacial score (nSPS) is 29.1. The van der Waals surface area contributed by atoms with Crippen LogP contribution >= 0.6 is 0 Å². The Balaban J connectivity index is 1.75. The van der Waals surface area contributed by atoms with E-state index in [9.17, 15) is 4.79 Å². The molecule has 158 valence electrons. The summed E-state index contributed by atoms with van der Waals surface area (Å²) in [6.45, 7) is 2.57. The second kappa shape index (κ2) is 5.64. The van der Waals surface area contributed by atoms with Gasteiger partial charge < -0.3 is 24.7 Å². The molecular weight excluding hydrogens is 394 g/mol. The standard InChI is InChI=1S/C23H23N5O3/c1-23-21(30-3)13(24-2)8-15(31-23)28-14-7-5-4-6-11(14)16-17-12(9-25-22(17)29)18-20(19(16)28)27(23)10-26-18/h4-7,10,13,15,21,24H,8-9H2,1-3H3,(H,25,29). The first-order valence-corrected chi connectivity index (χ1v) is 10.7. The first-order chi connectivity index (χ1) is 15.1. The van der Waals surface area contributed by atoms with Crippen LogP contribution in [0.4, 0.5) is 0 Å². The maximum absolute atomic E-state index is 13.0. The highest BCUT2D eigenvalue weighted by Gasteiger charge is 2.52. The smallest absolute Gasteiger partial charge is 0.252 e. The van der Waals surface area contributed by atoms with E-state index >= 15 is 0 Å². The Labute approximate surface area is 178 Å². The average molecular weight is 417 g/mol. The van der Waals surface area contributed by atoms with Gasteiger partial charge in [-0.2, -0.15) is 0 Å². The Hall–Kier alpha value is -2.94. The molecule has 5 heterocycles. The topological polar surface area (TPSA) is 82.3 Å². The molecule has 1 saturated heterocycles. The Morgan fingerprint density at radius 3 is 2.97 bits per heavy atom. The third-order valence-electron chi connectivity index (χ3n) is 7.51. The quantitative estimate of drug-likeness (QED) is 0.524. The summed E-state index contributed by atoms with van der Waals surface area (Å²) in [4.78, 5) is 17.8. The van der Waals surface area contributed by atoms with E-state index in [0.717, 1.165) is 50.4 Å². The highest BCUT2D eigenvalue weighted by molar-refractivity contribution is 6.26. The molecule has 3 aliphatic rings. The van der Waals surface area contributed by atoms with E-state index in [-0.39, 0.29) is 24.3 Å². The number of imidazole rings is 1. The lowest BCUT2D eigenvalue weighted by Crippen LogP contribution is -2.59. The summed E-state index contributed by atoms with van der Waals surface area (Å²) >= 11 is 0. The number of hydrogen-bond acceptors (Lipinski definition) is 5. The molecule has 4 aromatic rings. The van der Waals surface area contributed by atoms with Crippen molar-refractivity contribution >= 4 is 38.7 Å². The zero-order valence-corrected chi connectivity index (χ0v) is 17.6. The Bertz CT molecular complexity index is 1440. The van der Waals surface area contributed by atoms with Crippen molar-refractivity contribution in [2.24, 2.45) is 0 Å². The van der Waals surface area contributed by atoms with Gasteiger partial charge in [0.05, 0.1) is 34.0 Å². The summed E-state index contributed by atoms with van der Waals surface area (Å²) in [5.74, 6) is -0.0310. The zero-order chi connectivity index (χ0) is 21.1. The van der Waals surface area contributed by atoms with Crippen molar-refractivity contribution in [2.45, 2.75) is 44.0 Å². The third kappa shape index (κ3) is 1.88. The molecule has 4 atom stereocenters. The molecule has 0 spiro atoms. The highest BCUT2D eigenvalue weighted by Crippen LogP contribution is 2.50. The van der Waals surface area contributed by atoms with Crippen molar-refractivity contribution < 1.29 is 14.3 Å². The van der Waals surface area contributed by atoms with Crippen LogP contribution in [0.15, 0.2) is 30.6 Å². The van der Waals surface area contributed by atoms with Crippen LogP contribution < -0.4 is 10.6 Å². The number of methoxy groups -OCH3 is 1. The predicted octanol–water partition coefficient (Wildman–Crippen LogP) is 2.60. The van der Waals surface area contributed by atoms with Gasteiger partial charge in [-0.1, -0.05) is 18.2 Å².